The number of non-ortho nitro benzene ring substituents is 1. The molecule has 0 atom stereocenters. The summed E-state index contributed by atoms with van der Waals surface area (Å²) in [5.74, 6) is -0.578. The van der Waals surface area contributed by atoms with Crippen molar-refractivity contribution in [1.82, 2.24) is 0 Å². The molecule has 0 aliphatic heterocycles. The Hall–Kier alpha value is -2.98. The molecule has 0 saturated heterocycles. The largest absolute Gasteiger partial charge is 0.380 e. The Bertz CT molecular complexity index is 991. The second-order valence-corrected chi connectivity index (χ2v) is 8.09. The number of nitrogens with one attached hydrogen (secondary N) is 1. The van der Waals surface area contributed by atoms with Gasteiger partial charge in [0.2, 0.25) is 15.9 Å². The first kappa shape index (κ1) is 21.3. The Balaban J connectivity index is 2.29. The van der Waals surface area contributed by atoms with Crippen LogP contribution in [0.5, 0.6) is 0 Å². The predicted octanol–water partition coefficient (Wildman–Crippen LogP) is 2.45. The van der Waals surface area contributed by atoms with E-state index in [9.17, 15) is 23.3 Å². The van der Waals surface area contributed by atoms with Crippen molar-refractivity contribution in [3.05, 3.63) is 63.7 Å². The summed E-state index contributed by atoms with van der Waals surface area (Å²) < 4.78 is 30.4. The highest BCUT2D eigenvalue weighted by molar-refractivity contribution is 7.92. The second kappa shape index (κ2) is 8.81. The topological polar surface area (TPSA) is 119 Å². The van der Waals surface area contributed by atoms with Gasteiger partial charge in [0.25, 0.3) is 5.69 Å². The number of anilines is 2. The molecule has 0 bridgehead atoms. The van der Waals surface area contributed by atoms with Gasteiger partial charge in [-0.25, -0.2) is 8.42 Å². The Morgan fingerprint density at radius 3 is 2.57 bits per heavy atom. The van der Waals surface area contributed by atoms with Gasteiger partial charge in [-0.15, -0.1) is 0 Å². The van der Waals surface area contributed by atoms with Crippen LogP contribution in [0.2, 0.25) is 0 Å². The van der Waals surface area contributed by atoms with Gasteiger partial charge in [0.05, 0.1) is 23.5 Å². The summed E-state index contributed by atoms with van der Waals surface area (Å²) in [6.07, 6.45) is 0.942. The molecule has 0 aliphatic rings. The van der Waals surface area contributed by atoms with Crippen molar-refractivity contribution in [1.29, 1.82) is 0 Å². The number of benzene rings is 2. The first-order valence-electron chi connectivity index (χ1n) is 8.22. The van der Waals surface area contributed by atoms with Crippen molar-refractivity contribution in [3.8, 4) is 0 Å². The minimum absolute atomic E-state index is 0.0833. The molecule has 1 N–H and O–H groups in total. The van der Waals surface area contributed by atoms with Crippen molar-refractivity contribution < 1.29 is 22.9 Å². The molecule has 1 amide bonds. The third kappa shape index (κ3) is 5.51. The minimum atomic E-state index is -3.86. The summed E-state index contributed by atoms with van der Waals surface area (Å²) in [5, 5.41) is 13.7. The van der Waals surface area contributed by atoms with E-state index in [2.05, 4.69) is 5.32 Å². The van der Waals surface area contributed by atoms with Crippen LogP contribution >= 0.6 is 0 Å². The number of hydrogen-bond acceptors (Lipinski definition) is 6. The van der Waals surface area contributed by atoms with E-state index in [1.165, 1.54) is 12.1 Å². The summed E-state index contributed by atoms with van der Waals surface area (Å²) in [6, 6.07) is 10.8. The highest BCUT2D eigenvalue weighted by atomic mass is 32.2. The lowest BCUT2D eigenvalue weighted by atomic mass is 10.2. The van der Waals surface area contributed by atoms with Crippen LogP contribution in [0.1, 0.15) is 11.1 Å². The minimum Gasteiger partial charge on any atom is -0.380 e. The third-order valence-electron chi connectivity index (χ3n) is 3.88. The van der Waals surface area contributed by atoms with Crippen LogP contribution in [0.15, 0.2) is 42.5 Å². The number of amides is 1. The molecule has 9 nitrogen and oxygen atoms in total. The van der Waals surface area contributed by atoms with E-state index >= 15 is 0 Å². The predicted molar refractivity (Wildman–Crippen MR) is 106 cm³/mol. The molecule has 0 aliphatic carbocycles. The van der Waals surface area contributed by atoms with Gasteiger partial charge in [-0.1, -0.05) is 18.2 Å². The molecule has 0 heterocycles. The summed E-state index contributed by atoms with van der Waals surface area (Å²) in [6.45, 7) is 1.46. The molecule has 0 fully saturated rings. The molecule has 0 spiro atoms. The molecule has 0 aromatic heterocycles. The average molecular weight is 407 g/mol. The average Bonchev–Trinajstić information content (AvgIpc) is 2.60. The molecule has 0 radical (unpaired) electrons. The van der Waals surface area contributed by atoms with Crippen molar-refractivity contribution in [2.75, 3.05) is 29.5 Å². The number of hydrogen-bond donors (Lipinski definition) is 1. The quantitative estimate of drug-likeness (QED) is 0.530. The van der Waals surface area contributed by atoms with E-state index in [4.69, 9.17) is 4.74 Å². The lowest BCUT2D eigenvalue weighted by molar-refractivity contribution is -0.384. The summed E-state index contributed by atoms with van der Waals surface area (Å²) in [7, 11) is -2.30. The lowest BCUT2D eigenvalue weighted by Gasteiger charge is -2.23. The van der Waals surface area contributed by atoms with Crippen molar-refractivity contribution >= 4 is 33.0 Å². The first-order chi connectivity index (χ1) is 13.1. The fourth-order valence-corrected chi connectivity index (χ4v) is 3.50. The Kier molecular flexibility index (Phi) is 6.71. The molecule has 2 aromatic carbocycles. The summed E-state index contributed by atoms with van der Waals surface area (Å²) in [4.78, 5) is 22.9. The Morgan fingerprint density at radius 2 is 1.96 bits per heavy atom. The van der Waals surface area contributed by atoms with Crippen molar-refractivity contribution in [3.63, 3.8) is 0 Å². The molecular weight excluding hydrogens is 386 g/mol. The van der Waals surface area contributed by atoms with Gasteiger partial charge in [-0.3, -0.25) is 19.2 Å². The van der Waals surface area contributed by atoms with Crippen LogP contribution in [0, 0.1) is 17.0 Å². The SMILES string of the molecule is COCc1cccc(NC(=O)CN(c2cc([N+](=O)[O-])ccc2C)S(C)(=O)=O)c1. The molecule has 0 saturated carbocycles. The first-order valence-corrected chi connectivity index (χ1v) is 10.1. The Morgan fingerprint density at radius 1 is 1.25 bits per heavy atom. The van der Waals surface area contributed by atoms with Gasteiger partial charge < -0.3 is 10.1 Å². The number of sulfonamides is 1. The smallest absolute Gasteiger partial charge is 0.271 e. The zero-order chi connectivity index (χ0) is 20.9. The fraction of sp³-hybridized carbons (Fsp3) is 0.278. The monoisotopic (exact) mass is 407 g/mol. The number of rotatable bonds is 8. The number of ether oxygens (including phenoxy) is 1. The second-order valence-electron chi connectivity index (χ2n) is 6.18. The fourth-order valence-electron chi connectivity index (χ4n) is 2.60. The van der Waals surface area contributed by atoms with Crippen molar-refractivity contribution in [2.45, 2.75) is 13.5 Å². The lowest BCUT2D eigenvalue weighted by Crippen LogP contribution is -2.37. The van der Waals surface area contributed by atoms with E-state index in [0.29, 0.717) is 17.9 Å². The molecule has 2 rings (SSSR count). The maximum Gasteiger partial charge on any atom is 0.271 e. The van der Waals surface area contributed by atoms with Gasteiger partial charge in [0.1, 0.15) is 6.54 Å². The van der Waals surface area contributed by atoms with E-state index < -0.39 is 27.4 Å². The molecule has 2 aromatic rings. The standard InChI is InChI=1S/C18H21N3O6S/c1-13-7-8-16(21(23)24)10-17(13)20(28(3,25)26)11-18(22)19-15-6-4-5-14(9-15)12-27-2/h4-10H,11-12H2,1-3H3,(H,19,22). The number of methoxy groups -OCH3 is 1. The summed E-state index contributed by atoms with van der Waals surface area (Å²) >= 11 is 0. The molecule has 10 heteroatoms. The van der Waals surface area contributed by atoms with E-state index in [-0.39, 0.29) is 11.4 Å². The van der Waals surface area contributed by atoms with Gasteiger partial charge in [0.15, 0.2) is 0 Å². The zero-order valence-corrected chi connectivity index (χ0v) is 16.5. The van der Waals surface area contributed by atoms with Crippen molar-refractivity contribution in [2.24, 2.45) is 0 Å². The highest BCUT2D eigenvalue weighted by Gasteiger charge is 2.24. The van der Waals surface area contributed by atoms with Crippen LogP contribution in [-0.4, -0.2) is 39.2 Å². The van der Waals surface area contributed by atoms with E-state index in [1.807, 2.05) is 6.07 Å². The van der Waals surface area contributed by atoms with Crippen LogP contribution < -0.4 is 9.62 Å². The third-order valence-corrected chi connectivity index (χ3v) is 5.01. The molecule has 0 unspecified atom stereocenters. The van der Waals surface area contributed by atoms with Gasteiger partial charge in [0, 0.05) is 24.9 Å². The van der Waals surface area contributed by atoms with Gasteiger partial charge >= 0.3 is 0 Å². The maximum absolute atomic E-state index is 12.5. The molecule has 28 heavy (non-hydrogen) atoms. The van der Waals surface area contributed by atoms with E-state index in [0.717, 1.165) is 22.2 Å². The Labute approximate surface area is 163 Å². The number of carbonyl (C=O) groups excluding carboxylic acids is 1. The number of aryl methyl sites for hydroxylation is 1. The normalized spacial score (nSPS) is 11.1. The number of nitrogens with zero attached hydrogens (tertiary/aromatic N) is 2. The van der Waals surface area contributed by atoms with Crippen LogP contribution in [0.3, 0.4) is 0 Å². The maximum atomic E-state index is 12.5. The summed E-state index contributed by atoms with van der Waals surface area (Å²) in [5.41, 5.74) is 1.64. The van der Waals surface area contributed by atoms with Crippen LogP contribution in [0.4, 0.5) is 17.1 Å². The van der Waals surface area contributed by atoms with Gasteiger partial charge in [-0.2, -0.15) is 0 Å². The molecule has 150 valence electrons. The van der Waals surface area contributed by atoms with Gasteiger partial charge in [-0.05, 0) is 30.2 Å². The molecular formula is C18H21N3O6S. The number of nitro groups is 1. The van der Waals surface area contributed by atoms with Crippen LogP contribution in [-0.2, 0) is 26.2 Å². The highest BCUT2D eigenvalue weighted by Crippen LogP contribution is 2.27. The zero-order valence-electron chi connectivity index (χ0n) is 15.7. The van der Waals surface area contributed by atoms with Crippen LogP contribution in [0.25, 0.3) is 0 Å². The number of nitro benzene ring substituents is 1. The van der Waals surface area contributed by atoms with E-state index in [1.54, 1.807) is 32.2 Å². The number of carbonyl (C=O) groups is 1.